The summed E-state index contributed by atoms with van der Waals surface area (Å²) in [5.41, 5.74) is 6.09. The molecule has 1 unspecified atom stereocenters. The maximum atomic E-state index is 6.09. The molecule has 0 aliphatic heterocycles. The first-order valence-electron chi connectivity index (χ1n) is 9.83. The Balaban J connectivity index is 3.67. The van der Waals surface area contributed by atoms with Gasteiger partial charge in [-0.15, -0.1) is 0 Å². The third kappa shape index (κ3) is 14.9. The zero-order chi connectivity index (χ0) is 15.8. The van der Waals surface area contributed by atoms with Gasteiger partial charge in [-0.1, -0.05) is 103 Å². The van der Waals surface area contributed by atoms with E-state index in [4.69, 9.17) is 5.73 Å². The summed E-state index contributed by atoms with van der Waals surface area (Å²) >= 11 is 0. The third-order valence-electron chi connectivity index (χ3n) is 4.53. The predicted octanol–water partition coefficient (Wildman–Crippen LogP) is 6.55. The zero-order valence-corrected chi connectivity index (χ0v) is 16.3. The average molecular weight is 313 g/mol. The fourth-order valence-electron chi connectivity index (χ4n) is 3.10. The maximum Gasteiger partial charge on any atom is 0.0479 e. The van der Waals surface area contributed by atoms with Crippen LogP contribution in [0.25, 0.3) is 0 Å². The van der Waals surface area contributed by atoms with Crippen LogP contribution in [-0.4, -0.2) is 14.8 Å². The normalized spacial score (nSPS) is 13.0. The Morgan fingerprint density at radius 2 is 1.14 bits per heavy atom. The molecule has 0 amide bonds. The first-order chi connectivity index (χ1) is 10.2. The largest absolute Gasteiger partial charge is 0.328 e. The van der Waals surface area contributed by atoms with Crippen molar-refractivity contribution in [2.75, 3.05) is 0 Å². The summed E-state index contributed by atoms with van der Waals surface area (Å²) in [6.07, 6.45) is 16.6. The minimum Gasteiger partial charge on any atom is -0.328 e. The number of hydrogen-bond donors (Lipinski definition) is 1. The summed E-state index contributed by atoms with van der Waals surface area (Å²) in [6.45, 7) is 6.88. The molecule has 1 atom stereocenters. The van der Waals surface area contributed by atoms with Crippen molar-refractivity contribution >= 4 is 8.80 Å². The number of hydrogen-bond acceptors (Lipinski definition) is 1. The van der Waals surface area contributed by atoms with E-state index in [1.165, 1.54) is 77.0 Å². The second-order valence-corrected chi connectivity index (χ2v) is 9.81. The first-order valence-corrected chi connectivity index (χ1v) is 12.0. The van der Waals surface area contributed by atoms with Gasteiger partial charge in [-0.3, -0.25) is 0 Å². The van der Waals surface area contributed by atoms with Gasteiger partial charge in [0.05, 0.1) is 0 Å². The molecule has 21 heavy (non-hydrogen) atoms. The fraction of sp³-hybridized carbons (Fsp3) is 1.00. The van der Waals surface area contributed by atoms with Crippen LogP contribution < -0.4 is 5.73 Å². The molecule has 0 heterocycles. The van der Waals surface area contributed by atoms with E-state index in [0.717, 1.165) is 0 Å². The quantitative estimate of drug-likeness (QED) is 0.254. The Morgan fingerprint density at radius 3 is 1.62 bits per heavy atom. The van der Waals surface area contributed by atoms with Crippen LogP contribution in [-0.2, 0) is 0 Å². The molecule has 0 saturated carbocycles. The third-order valence-corrected chi connectivity index (χ3v) is 7.71. The highest BCUT2D eigenvalue weighted by Crippen LogP contribution is 2.19. The molecule has 0 spiro atoms. The van der Waals surface area contributed by atoms with Gasteiger partial charge >= 0.3 is 0 Å². The summed E-state index contributed by atoms with van der Waals surface area (Å²) in [7, 11) is -0.0313. The highest BCUT2D eigenvalue weighted by molar-refractivity contribution is 6.58. The molecule has 0 fully saturated rings. The van der Waals surface area contributed by atoms with E-state index < -0.39 is 0 Å². The molecule has 0 aromatic heterocycles. The average Bonchev–Trinajstić information content (AvgIpc) is 2.47. The summed E-state index contributed by atoms with van der Waals surface area (Å²) in [5, 5.41) is 0. The van der Waals surface area contributed by atoms with Gasteiger partial charge in [0.25, 0.3) is 0 Å². The van der Waals surface area contributed by atoms with E-state index in [-0.39, 0.29) is 8.80 Å². The molecule has 1 nitrogen and oxygen atoms in total. The van der Waals surface area contributed by atoms with E-state index in [2.05, 4.69) is 20.8 Å². The topological polar surface area (TPSA) is 26.0 Å². The summed E-state index contributed by atoms with van der Waals surface area (Å²) < 4.78 is 0. The van der Waals surface area contributed by atoms with Gasteiger partial charge in [0.1, 0.15) is 0 Å². The Hall–Kier alpha value is 0.177. The Morgan fingerprint density at radius 1 is 0.619 bits per heavy atom. The smallest absolute Gasteiger partial charge is 0.0479 e. The molecular weight excluding hydrogens is 270 g/mol. The van der Waals surface area contributed by atoms with Crippen LogP contribution in [0.4, 0.5) is 0 Å². The van der Waals surface area contributed by atoms with Crippen LogP contribution in [0.5, 0.6) is 0 Å². The predicted molar refractivity (Wildman–Crippen MR) is 101 cm³/mol. The van der Waals surface area contributed by atoms with E-state index in [9.17, 15) is 0 Å². The van der Waals surface area contributed by atoms with Gasteiger partial charge in [0.15, 0.2) is 0 Å². The Labute approximate surface area is 137 Å². The van der Waals surface area contributed by atoms with Crippen LogP contribution in [0.15, 0.2) is 0 Å². The number of unbranched alkanes of at least 4 members (excludes halogenated alkanes) is 6. The van der Waals surface area contributed by atoms with Crippen LogP contribution in [0.2, 0.25) is 18.1 Å². The Kier molecular flexibility index (Phi) is 16.7. The fourth-order valence-corrected chi connectivity index (χ4v) is 6.10. The van der Waals surface area contributed by atoms with Crippen LogP contribution in [0.1, 0.15) is 97.8 Å². The maximum absolute atomic E-state index is 6.09. The lowest BCUT2D eigenvalue weighted by atomic mass is 10.1. The van der Waals surface area contributed by atoms with Crippen molar-refractivity contribution < 1.29 is 0 Å². The Bertz CT molecular complexity index is 186. The van der Waals surface area contributed by atoms with Gasteiger partial charge in [-0.2, -0.15) is 0 Å². The summed E-state index contributed by atoms with van der Waals surface area (Å²) in [5.74, 6) is 0. The summed E-state index contributed by atoms with van der Waals surface area (Å²) in [4.78, 5) is 0. The minimum absolute atomic E-state index is 0.0313. The van der Waals surface area contributed by atoms with Crippen molar-refractivity contribution in [3.63, 3.8) is 0 Å². The van der Waals surface area contributed by atoms with Gasteiger partial charge < -0.3 is 5.73 Å². The van der Waals surface area contributed by atoms with Crippen molar-refractivity contribution in [2.24, 2.45) is 5.73 Å². The lowest BCUT2D eigenvalue weighted by molar-refractivity contribution is 0.523. The highest BCUT2D eigenvalue weighted by atomic mass is 28.3. The van der Waals surface area contributed by atoms with E-state index >= 15 is 0 Å². The van der Waals surface area contributed by atoms with Crippen molar-refractivity contribution in [3.05, 3.63) is 0 Å². The first kappa shape index (κ1) is 21.2. The van der Waals surface area contributed by atoms with Crippen LogP contribution >= 0.6 is 0 Å². The van der Waals surface area contributed by atoms with Gasteiger partial charge in [0.2, 0.25) is 0 Å². The molecule has 127 valence electrons. The standard InChI is InChI=1S/C19H42NSi/c1-4-7-11-16-21(17-12-8-5-2)18-13-9-10-15-19(20)14-6-3/h19H,4-18,20H2,1-3H3. The minimum atomic E-state index is -0.0313. The second kappa shape index (κ2) is 16.5. The molecule has 0 aliphatic rings. The van der Waals surface area contributed by atoms with Crippen molar-refractivity contribution in [2.45, 2.75) is 122 Å². The molecule has 0 aliphatic carbocycles. The van der Waals surface area contributed by atoms with Gasteiger partial charge in [-0.25, -0.2) is 0 Å². The van der Waals surface area contributed by atoms with Crippen LogP contribution in [0, 0.1) is 0 Å². The molecule has 1 radical (unpaired) electrons. The monoisotopic (exact) mass is 312 g/mol. The van der Waals surface area contributed by atoms with Gasteiger partial charge in [0, 0.05) is 14.8 Å². The van der Waals surface area contributed by atoms with Crippen molar-refractivity contribution in [1.29, 1.82) is 0 Å². The molecule has 0 aromatic carbocycles. The van der Waals surface area contributed by atoms with E-state index in [1.807, 2.05) is 0 Å². The van der Waals surface area contributed by atoms with Gasteiger partial charge in [-0.05, 0) is 12.8 Å². The lowest BCUT2D eigenvalue weighted by Gasteiger charge is -2.15. The SMILES string of the molecule is CCCCC[Si](CCCCC)CCCCCC(N)CCC. The molecular formula is C19H42NSi. The lowest BCUT2D eigenvalue weighted by Crippen LogP contribution is -2.19. The number of rotatable bonds is 16. The molecule has 0 aromatic rings. The number of nitrogens with two attached hydrogens (primary N) is 1. The summed E-state index contributed by atoms with van der Waals surface area (Å²) in [6, 6.07) is 5.20. The van der Waals surface area contributed by atoms with Crippen LogP contribution in [0.3, 0.4) is 0 Å². The molecule has 2 heteroatoms. The molecule has 0 bridgehead atoms. The molecule has 2 N–H and O–H groups in total. The molecule has 0 rings (SSSR count). The molecule has 0 saturated heterocycles. The van der Waals surface area contributed by atoms with Crippen molar-refractivity contribution in [3.8, 4) is 0 Å². The highest BCUT2D eigenvalue weighted by Gasteiger charge is 2.10. The van der Waals surface area contributed by atoms with Crippen molar-refractivity contribution in [1.82, 2.24) is 0 Å². The van der Waals surface area contributed by atoms with E-state index in [1.54, 1.807) is 18.1 Å². The zero-order valence-electron chi connectivity index (χ0n) is 15.3. The van der Waals surface area contributed by atoms with E-state index in [0.29, 0.717) is 6.04 Å². The second-order valence-electron chi connectivity index (χ2n) is 6.81.